The first-order valence-electron chi connectivity index (χ1n) is 2.86. The van der Waals surface area contributed by atoms with Gasteiger partial charge in [0.05, 0.1) is 0 Å². The van der Waals surface area contributed by atoms with E-state index in [9.17, 15) is 4.79 Å². The first-order chi connectivity index (χ1) is 4.25. The summed E-state index contributed by atoms with van der Waals surface area (Å²) in [4.78, 5) is 10.9. The number of nitrogens with one attached hydrogen (secondary N) is 1. The highest BCUT2D eigenvalue weighted by atomic mass is 16.1. The van der Waals surface area contributed by atoms with Crippen molar-refractivity contribution in [2.75, 3.05) is 0 Å². The zero-order valence-corrected chi connectivity index (χ0v) is 5.51. The van der Waals surface area contributed by atoms with E-state index in [1.165, 1.54) is 4.68 Å². The molecule has 0 aliphatic heterocycles. The monoisotopic (exact) mass is 127 g/mol. The van der Waals surface area contributed by atoms with Gasteiger partial charge in [0.15, 0.2) is 0 Å². The molecule has 0 unspecified atom stereocenters. The van der Waals surface area contributed by atoms with Crippen LogP contribution in [0.5, 0.6) is 0 Å². The average Bonchev–Trinajstić information content (AvgIpc) is 2.15. The second kappa shape index (κ2) is 2.05. The quantitative estimate of drug-likeness (QED) is 0.561. The number of hydrogen-bond donors (Lipinski definition) is 1. The van der Waals surface area contributed by atoms with Crippen LogP contribution in [0.25, 0.3) is 0 Å². The molecule has 1 aromatic rings. The Bertz CT molecular complexity index is 247. The maximum atomic E-state index is 10.9. The highest BCUT2D eigenvalue weighted by Crippen LogP contribution is 1.80. The molecule has 0 aromatic carbocycles. The third kappa shape index (κ3) is 0.872. The Morgan fingerprint density at radius 3 is 2.67 bits per heavy atom. The molecule has 1 N–H and O–H groups in total. The SMILES string of the molecule is CCc1n[nH]n(C)c1=O. The van der Waals surface area contributed by atoms with Crippen LogP contribution >= 0.6 is 0 Å². The molecule has 0 amide bonds. The molecule has 0 saturated carbocycles. The van der Waals surface area contributed by atoms with Gasteiger partial charge in [0.25, 0.3) is 5.56 Å². The molecule has 0 aliphatic rings. The van der Waals surface area contributed by atoms with E-state index in [0.717, 1.165) is 0 Å². The van der Waals surface area contributed by atoms with Gasteiger partial charge in [0, 0.05) is 7.05 Å². The molecule has 0 saturated heterocycles. The van der Waals surface area contributed by atoms with E-state index in [-0.39, 0.29) is 5.56 Å². The van der Waals surface area contributed by atoms with Crippen molar-refractivity contribution in [3.8, 4) is 0 Å². The first kappa shape index (κ1) is 6.07. The number of aryl methyl sites for hydroxylation is 2. The predicted octanol–water partition coefficient (Wildman–Crippen LogP) is -0.329. The Morgan fingerprint density at radius 1 is 1.78 bits per heavy atom. The van der Waals surface area contributed by atoms with Crippen LogP contribution in [-0.2, 0) is 13.5 Å². The Balaban J connectivity index is 3.20. The van der Waals surface area contributed by atoms with Gasteiger partial charge < -0.3 is 0 Å². The molecule has 9 heavy (non-hydrogen) atoms. The van der Waals surface area contributed by atoms with E-state index in [1.54, 1.807) is 7.05 Å². The van der Waals surface area contributed by atoms with Crippen molar-refractivity contribution < 1.29 is 0 Å². The molecular formula is C5H9N3O. The lowest BCUT2D eigenvalue weighted by molar-refractivity contribution is 0.695. The second-order valence-electron chi connectivity index (χ2n) is 1.88. The topological polar surface area (TPSA) is 50.7 Å². The summed E-state index contributed by atoms with van der Waals surface area (Å²) in [7, 11) is 1.65. The van der Waals surface area contributed by atoms with Gasteiger partial charge in [-0.3, -0.25) is 4.79 Å². The third-order valence-electron chi connectivity index (χ3n) is 1.22. The van der Waals surface area contributed by atoms with Crippen LogP contribution in [0.2, 0.25) is 0 Å². The molecule has 1 aromatic heterocycles. The normalized spacial score (nSPS) is 10.0. The van der Waals surface area contributed by atoms with Gasteiger partial charge in [-0.05, 0) is 6.42 Å². The van der Waals surface area contributed by atoms with Crippen LogP contribution in [0.4, 0.5) is 0 Å². The molecular weight excluding hydrogens is 118 g/mol. The summed E-state index contributed by atoms with van der Waals surface area (Å²) in [6.07, 6.45) is 0.691. The maximum absolute atomic E-state index is 10.9. The fourth-order valence-corrected chi connectivity index (χ4v) is 0.652. The summed E-state index contributed by atoms with van der Waals surface area (Å²) in [5.41, 5.74) is 0.565. The average molecular weight is 127 g/mol. The van der Waals surface area contributed by atoms with Gasteiger partial charge in [-0.25, -0.2) is 9.90 Å². The molecule has 0 bridgehead atoms. The summed E-state index contributed by atoms with van der Waals surface area (Å²) in [6, 6.07) is 0. The largest absolute Gasteiger partial charge is 0.289 e. The van der Waals surface area contributed by atoms with E-state index in [4.69, 9.17) is 0 Å². The molecule has 50 valence electrons. The lowest BCUT2D eigenvalue weighted by Crippen LogP contribution is -2.14. The van der Waals surface area contributed by atoms with Crippen LogP contribution in [0.1, 0.15) is 12.6 Å². The van der Waals surface area contributed by atoms with E-state index in [1.807, 2.05) is 6.92 Å². The van der Waals surface area contributed by atoms with Crippen molar-refractivity contribution in [2.24, 2.45) is 7.05 Å². The minimum absolute atomic E-state index is 0.0301. The molecule has 0 aliphatic carbocycles. The number of aromatic nitrogens is 3. The maximum Gasteiger partial charge on any atom is 0.289 e. The van der Waals surface area contributed by atoms with Crippen molar-refractivity contribution in [3.63, 3.8) is 0 Å². The van der Waals surface area contributed by atoms with Gasteiger partial charge in [-0.2, -0.15) is 5.10 Å². The fourth-order valence-electron chi connectivity index (χ4n) is 0.652. The molecule has 0 spiro atoms. The molecule has 1 heterocycles. The van der Waals surface area contributed by atoms with Gasteiger partial charge in [0.2, 0.25) is 0 Å². The molecule has 4 heteroatoms. The van der Waals surface area contributed by atoms with Crippen LogP contribution in [0.3, 0.4) is 0 Å². The summed E-state index contributed by atoms with van der Waals surface area (Å²) in [5, 5.41) is 6.30. The van der Waals surface area contributed by atoms with E-state index >= 15 is 0 Å². The third-order valence-corrected chi connectivity index (χ3v) is 1.22. The highest BCUT2D eigenvalue weighted by molar-refractivity contribution is 4.91. The van der Waals surface area contributed by atoms with E-state index < -0.39 is 0 Å². The summed E-state index contributed by atoms with van der Waals surface area (Å²) in [6.45, 7) is 1.90. The summed E-state index contributed by atoms with van der Waals surface area (Å²) >= 11 is 0. The van der Waals surface area contributed by atoms with Crippen LogP contribution in [0.15, 0.2) is 4.79 Å². The van der Waals surface area contributed by atoms with Crippen LogP contribution < -0.4 is 5.56 Å². The predicted molar refractivity (Wildman–Crippen MR) is 33.2 cm³/mol. The van der Waals surface area contributed by atoms with Crippen molar-refractivity contribution in [1.82, 2.24) is 15.0 Å². The number of nitrogens with zero attached hydrogens (tertiary/aromatic N) is 2. The van der Waals surface area contributed by atoms with Gasteiger partial charge >= 0.3 is 0 Å². The molecule has 4 nitrogen and oxygen atoms in total. The minimum Gasteiger partial charge on any atom is -0.266 e. The number of H-pyrrole nitrogens is 1. The fraction of sp³-hybridized carbons (Fsp3) is 0.600. The van der Waals surface area contributed by atoms with Crippen molar-refractivity contribution >= 4 is 0 Å². The van der Waals surface area contributed by atoms with Gasteiger partial charge in [-0.1, -0.05) is 6.92 Å². The van der Waals surface area contributed by atoms with E-state index in [2.05, 4.69) is 10.3 Å². The van der Waals surface area contributed by atoms with Crippen LogP contribution in [0, 0.1) is 0 Å². The van der Waals surface area contributed by atoms with Crippen molar-refractivity contribution in [1.29, 1.82) is 0 Å². The molecule has 1 rings (SSSR count). The standard InChI is InChI=1S/C5H9N3O/c1-3-4-5(9)8(2)7-6-4/h7H,3H2,1-2H3. The first-order valence-corrected chi connectivity index (χ1v) is 2.86. The Kier molecular flexibility index (Phi) is 1.38. The Hall–Kier alpha value is -1.06. The Labute approximate surface area is 52.5 Å². The van der Waals surface area contributed by atoms with Gasteiger partial charge in [-0.15, -0.1) is 0 Å². The van der Waals surface area contributed by atoms with Gasteiger partial charge in [0.1, 0.15) is 5.69 Å². The highest BCUT2D eigenvalue weighted by Gasteiger charge is 1.99. The lowest BCUT2D eigenvalue weighted by Gasteiger charge is -1.79. The van der Waals surface area contributed by atoms with Crippen LogP contribution in [-0.4, -0.2) is 15.0 Å². The van der Waals surface area contributed by atoms with E-state index in [0.29, 0.717) is 12.1 Å². The Morgan fingerprint density at radius 2 is 2.44 bits per heavy atom. The zero-order valence-electron chi connectivity index (χ0n) is 5.51. The summed E-state index contributed by atoms with van der Waals surface area (Å²) < 4.78 is 1.36. The smallest absolute Gasteiger partial charge is 0.266 e. The van der Waals surface area contributed by atoms with Crippen molar-refractivity contribution in [3.05, 3.63) is 16.0 Å². The lowest BCUT2D eigenvalue weighted by atomic mass is 10.4. The summed E-state index contributed by atoms with van der Waals surface area (Å²) in [5.74, 6) is 0. The zero-order chi connectivity index (χ0) is 6.85. The number of aromatic amines is 1. The molecule has 0 fully saturated rings. The van der Waals surface area contributed by atoms with Crippen molar-refractivity contribution in [2.45, 2.75) is 13.3 Å². The number of hydrogen-bond acceptors (Lipinski definition) is 2. The second-order valence-corrected chi connectivity index (χ2v) is 1.88. The minimum atomic E-state index is -0.0301. The molecule has 0 atom stereocenters. The number of rotatable bonds is 1. The molecule has 0 radical (unpaired) electrons.